The predicted molar refractivity (Wildman–Crippen MR) is 71.5 cm³/mol. The van der Waals surface area contributed by atoms with Crippen molar-refractivity contribution in [2.75, 3.05) is 20.3 Å². The molecule has 2 aromatic rings. The number of nitrogens with one attached hydrogen (secondary N) is 1. The highest BCUT2D eigenvalue weighted by atomic mass is 16.5. The van der Waals surface area contributed by atoms with Gasteiger partial charge in [0.05, 0.1) is 18.2 Å². The average molecular weight is 257 g/mol. The SMILES string of the molecule is COCCNC(=O)Cn1ccc2c(C#N)cccc21. The molecule has 19 heavy (non-hydrogen) atoms. The zero-order valence-electron chi connectivity index (χ0n) is 10.7. The van der Waals surface area contributed by atoms with Crippen molar-refractivity contribution in [2.24, 2.45) is 0 Å². The fourth-order valence-corrected chi connectivity index (χ4v) is 1.96. The van der Waals surface area contributed by atoms with Crippen molar-refractivity contribution in [2.45, 2.75) is 6.54 Å². The lowest BCUT2D eigenvalue weighted by molar-refractivity contribution is -0.121. The summed E-state index contributed by atoms with van der Waals surface area (Å²) in [6, 6.07) is 9.50. The minimum atomic E-state index is -0.0723. The van der Waals surface area contributed by atoms with Gasteiger partial charge < -0.3 is 14.6 Å². The van der Waals surface area contributed by atoms with Gasteiger partial charge in [0, 0.05) is 30.8 Å². The first kappa shape index (κ1) is 13.1. The number of nitrogens with zero attached hydrogens (tertiary/aromatic N) is 2. The maximum absolute atomic E-state index is 11.7. The van der Waals surface area contributed by atoms with Crippen molar-refractivity contribution in [1.29, 1.82) is 5.26 Å². The van der Waals surface area contributed by atoms with Crippen molar-refractivity contribution in [3.8, 4) is 6.07 Å². The molecule has 0 aliphatic rings. The molecule has 0 saturated heterocycles. The molecule has 1 N–H and O–H groups in total. The molecule has 0 atom stereocenters. The van der Waals surface area contributed by atoms with Crippen LogP contribution < -0.4 is 5.32 Å². The third-order valence-electron chi connectivity index (χ3n) is 2.88. The van der Waals surface area contributed by atoms with Crippen LogP contribution in [0.15, 0.2) is 30.5 Å². The Labute approximate surface area is 111 Å². The fourth-order valence-electron chi connectivity index (χ4n) is 1.96. The molecule has 1 heterocycles. The molecule has 98 valence electrons. The number of fused-ring (bicyclic) bond motifs is 1. The van der Waals surface area contributed by atoms with Crippen LogP contribution in [0.2, 0.25) is 0 Å². The van der Waals surface area contributed by atoms with Gasteiger partial charge in [-0.1, -0.05) is 6.07 Å². The molecule has 0 aliphatic heterocycles. The van der Waals surface area contributed by atoms with E-state index in [2.05, 4.69) is 11.4 Å². The van der Waals surface area contributed by atoms with E-state index < -0.39 is 0 Å². The molecule has 2 rings (SSSR count). The fraction of sp³-hybridized carbons (Fsp3) is 0.286. The molecule has 0 bridgehead atoms. The maximum Gasteiger partial charge on any atom is 0.240 e. The summed E-state index contributed by atoms with van der Waals surface area (Å²) >= 11 is 0. The zero-order valence-corrected chi connectivity index (χ0v) is 10.7. The number of benzene rings is 1. The first-order valence-corrected chi connectivity index (χ1v) is 6.00. The van der Waals surface area contributed by atoms with Gasteiger partial charge in [0.1, 0.15) is 6.54 Å². The summed E-state index contributed by atoms with van der Waals surface area (Å²) in [5, 5.41) is 12.7. The van der Waals surface area contributed by atoms with Crippen LogP contribution in [-0.4, -0.2) is 30.7 Å². The summed E-state index contributed by atoms with van der Waals surface area (Å²) in [4.78, 5) is 11.7. The van der Waals surface area contributed by atoms with Crippen LogP contribution in [-0.2, 0) is 16.1 Å². The van der Waals surface area contributed by atoms with Gasteiger partial charge >= 0.3 is 0 Å². The van der Waals surface area contributed by atoms with Gasteiger partial charge in [0.15, 0.2) is 0 Å². The number of carbonyl (C=O) groups is 1. The molecule has 0 saturated carbocycles. The third kappa shape index (κ3) is 2.92. The third-order valence-corrected chi connectivity index (χ3v) is 2.88. The molecular weight excluding hydrogens is 242 g/mol. The molecule has 1 aromatic carbocycles. The Hall–Kier alpha value is -2.32. The predicted octanol–water partition coefficient (Wildman–Crippen LogP) is 1.28. The Morgan fingerprint density at radius 3 is 3.05 bits per heavy atom. The monoisotopic (exact) mass is 257 g/mol. The summed E-state index contributed by atoms with van der Waals surface area (Å²) in [5.41, 5.74) is 1.51. The van der Waals surface area contributed by atoms with Gasteiger partial charge in [-0.15, -0.1) is 0 Å². The molecule has 5 heteroatoms. The molecule has 1 aromatic heterocycles. The average Bonchev–Trinajstić information content (AvgIpc) is 2.82. The van der Waals surface area contributed by atoms with Gasteiger partial charge in [0.25, 0.3) is 0 Å². The standard InChI is InChI=1S/C14H15N3O2/c1-19-8-6-16-14(18)10-17-7-5-12-11(9-15)3-2-4-13(12)17/h2-5,7H,6,8,10H2,1H3,(H,16,18). The van der Waals surface area contributed by atoms with Crippen molar-refractivity contribution in [3.05, 3.63) is 36.0 Å². The van der Waals surface area contributed by atoms with E-state index in [0.717, 1.165) is 10.9 Å². The normalized spacial score (nSPS) is 10.3. The number of carbonyl (C=O) groups excluding carboxylic acids is 1. The smallest absolute Gasteiger partial charge is 0.240 e. The van der Waals surface area contributed by atoms with E-state index in [1.165, 1.54) is 0 Å². The molecule has 0 unspecified atom stereocenters. The lowest BCUT2D eigenvalue weighted by Crippen LogP contribution is -2.30. The first-order chi connectivity index (χ1) is 9.26. The molecule has 0 spiro atoms. The van der Waals surface area contributed by atoms with Crippen molar-refractivity contribution >= 4 is 16.8 Å². The molecule has 1 amide bonds. The lowest BCUT2D eigenvalue weighted by atomic mass is 10.1. The van der Waals surface area contributed by atoms with Gasteiger partial charge in [-0.3, -0.25) is 4.79 Å². The minimum absolute atomic E-state index is 0.0723. The molecule has 5 nitrogen and oxygen atoms in total. The van der Waals surface area contributed by atoms with Crippen LogP contribution >= 0.6 is 0 Å². The Morgan fingerprint density at radius 1 is 1.47 bits per heavy atom. The minimum Gasteiger partial charge on any atom is -0.383 e. The highest BCUT2D eigenvalue weighted by Crippen LogP contribution is 2.19. The summed E-state index contributed by atoms with van der Waals surface area (Å²) in [6.45, 7) is 1.23. The Bertz CT molecular complexity index is 625. The van der Waals surface area contributed by atoms with E-state index in [4.69, 9.17) is 10.00 Å². The second-order valence-corrected chi connectivity index (χ2v) is 4.14. The van der Waals surface area contributed by atoms with Gasteiger partial charge in [-0.25, -0.2) is 0 Å². The van der Waals surface area contributed by atoms with Crippen LogP contribution in [0.3, 0.4) is 0 Å². The van der Waals surface area contributed by atoms with E-state index in [1.807, 2.05) is 29.0 Å². The van der Waals surface area contributed by atoms with Crippen LogP contribution in [0.25, 0.3) is 10.9 Å². The highest BCUT2D eigenvalue weighted by Gasteiger charge is 2.08. The number of hydrogen-bond donors (Lipinski definition) is 1. The second kappa shape index (κ2) is 6.03. The Morgan fingerprint density at radius 2 is 2.32 bits per heavy atom. The Balaban J connectivity index is 2.14. The van der Waals surface area contributed by atoms with Crippen molar-refractivity contribution in [1.82, 2.24) is 9.88 Å². The van der Waals surface area contributed by atoms with Crippen molar-refractivity contribution < 1.29 is 9.53 Å². The largest absolute Gasteiger partial charge is 0.383 e. The van der Waals surface area contributed by atoms with E-state index >= 15 is 0 Å². The van der Waals surface area contributed by atoms with E-state index in [-0.39, 0.29) is 12.5 Å². The number of rotatable bonds is 5. The van der Waals surface area contributed by atoms with Crippen LogP contribution in [0.4, 0.5) is 0 Å². The number of nitriles is 1. The van der Waals surface area contributed by atoms with Crippen LogP contribution in [0, 0.1) is 11.3 Å². The summed E-state index contributed by atoms with van der Waals surface area (Å²) in [5.74, 6) is -0.0723. The van der Waals surface area contributed by atoms with Gasteiger partial charge in [0.2, 0.25) is 5.91 Å². The van der Waals surface area contributed by atoms with E-state index in [1.54, 1.807) is 13.2 Å². The van der Waals surface area contributed by atoms with E-state index in [9.17, 15) is 4.79 Å². The maximum atomic E-state index is 11.7. The second-order valence-electron chi connectivity index (χ2n) is 4.14. The molecule has 0 fully saturated rings. The number of amides is 1. The summed E-state index contributed by atoms with van der Waals surface area (Å²) < 4.78 is 6.70. The number of ether oxygens (including phenoxy) is 1. The van der Waals surface area contributed by atoms with Gasteiger partial charge in [-0.05, 0) is 18.2 Å². The zero-order chi connectivity index (χ0) is 13.7. The summed E-state index contributed by atoms with van der Waals surface area (Å²) in [7, 11) is 1.59. The lowest BCUT2D eigenvalue weighted by Gasteiger charge is -2.07. The topological polar surface area (TPSA) is 67.0 Å². The van der Waals surface area contributed by atoms with Gasteiger partial charge in [-0.2, -0.15) is 5.26 Å². The molecular formula is C14H15N3O2. The number of methoxy groups -OCH3 is 1. The molecule has 0 radical (unpaired) electrons. The number of aromatic nitrogens is 1. The van der Waals surface area contributed by atoms with Crippen LogP contribution in [0.5, 0.6) is 0 Å². The van der Waals surface area contributed by atoms with Crippen molar-refractivity contribution in [3.63, 3.8) is 0 Å². The Kier molecular flexibility index (Phi) is 4.16. The molecule has 0 aliphatic carbocycles. The summed E-state index contributed by atoms with van der Waals surface area (Å²) in [6.07, 6.45) is 1.82. The highest BCUT2D eigenvalue weighted by molar-refractivity contribution is 5.87. The van der Waals surface area contributed by atoms with E-state index in [0.29, 0.717) is 18.7 Å². The number of hydrogen-bond acceptors (Lipinski definition) is 3. The first-order valence-electron chi connectivity index (χ1n) is 6.00. The van der Waals surface area contributed by atoms with Crippen LogP contribution in [0.1, 0.15) is 5.56 Å². The quantitative estimate of drug-likeness (QED) is 0.820.